The van der Waals surface area contributed by atoms with Crippen LogP contribution >= 0.6 is 0 Å². The van der Waals surface area contributed by atoms with Gasteiger partial charge in [0, 0.05) is 17.4 Å². The van der Waals surface area contributed by atoms with Gasteiger partial charge in [-0.3, -0.25) is 4.79 Å². The molecule has 0 aliphatic rings. The summed E-state index contributed by atoms with van der Waals surface area (Å²) in [5.41, 5.74) is 2.18. The first-order valence-corrected chi connectivity index (χ1v) is 9.05. The standard InChI is InChI=1S/C17H17N3O3S/c18-24(22,23)12-13-5-7-15(8-6-13)19-17(21)11-20-10-9-14-3-1-2-4-16(14)20/h1-10H,11-12H2,(H,19,21)(H2,18,22,23). The Balaban J connectivity index is 1.66. The number of sulfonamides is 1. The molecule has 1 amide bonds. The number of anilines is 1. The van der Waals surface area contributed by atoms with E-state index < -0.39 is 10.0 Å². The Morgan fingerprint density at radius 3 is 2.46 bits per heavy atom. The number of amides is 1. The number of hydrogen-bond donors (Lipinski definition) is 2. The number of nitrogens with zero attached hydrogens (tertiary/aromatic N) is 1. The van der Waals surface area contributed by atoms with Crippen molar-refractivity contribution in [2.24, 2.45) is 5.14 Å². The lowest BCUT2D eigenvalue weighted by Gasteiger charge is -2.08. The molecule has 3 rings (SSSR count). The molecule has 0 unspecified atom stereocenters. The molecule has 0 atom stereocenters. The van der Waals surface area contributed by atoms with Crippen LogP contribution in [-0.4, -0.2) is 18.9 Å². The summed E-state index contributed by atoms with van der Waals surface area (Å²) in [6, 6.07) is 16.4. The molecule has 0 radical (unpaired) electrons. The van der Waals surface area contributed by atoms with Crippen LogP contribution in [0, 0.1) is 0 Å². The van der Waals surface area contributed by atoms with Gasteiger partial charge >= 0.3 is 0 Å². The number of fused-ring (bicyclic) bond motifs is 1. The van der Waals surface area contributed by atoms with Crippen LogP contribution in [0.1, 0.15) is 5.56 Å². The van der Waals surface area contributed by atoms with Crippen LogP contribution in [0.25, 0.3) is 10.9 Å². The van der Waals surface area contributed by atoms with E-state index in [0.717, 1.165) is 10.9 Å². The number of rotatable bonds is 5. The predicted molar refractivity (Wildman–Crippen MR) is 93.8 cm³/mol. The fourth-order valence-electron chi connectivity index (χ4n) is 2.55. The van der Waals surface area contributed by atoms with Gasteiger partial charge in [-0.25, -0.2) is 13.6 Å². The van der Waals surface area contributed by atoms with Gasteiger partial charge in [-0.2, -0.15) is 0 Å². The zero-order chi connectivity index (χ0) is 17.2. The maximum absolute atomic E-state index is 12.2. The van der Waals surface area contributed by atoms with Gasteiger partial charge in [-0.05, 0) is 35.2 Å². The van der Waals surface area contributed by atoms with Crippen LogP contribution in [0.5, 0.6) is 0 Å². The Labute approximate surface area is 139 Å². The molecule has 3 aromatic rings. The number of hydrogen-bond acceptors (Lipinski definition) is 3. The molecule has 3 N–H and O–H groups in total. The van der Waals surface area contributed by atoms with Crippen molar-refractivity contribution in [2.45, 2.75) is 12.3 Å². The molecule has 124 valence electrons. The van der Waals surface area contributed by atoms with Crippen LogP contribution in [0.3, 0.4) is 0 Å². The van der Waals surface area contributed by atoms with Crippen molar-refractivity contribution in [1.29, 1.82) is 0 Å². The molecule has 0 fully saturated rings. The number of carbonyl (C=O) groups is 1. The molecule has 0 aliphatic heterocycles. The fraction of sp³-hybridized carbons (Fsp3) is 0.118. The molecule has 24 heavy (non-hydrogen) atoms. The van der Waals surface area contributed by atoms with Crippen molar-refractivity contribution < 1.29 is 13.2 Å². The van der Waals surface area contributed by atoms with Crippen LogP contribution < -0.4 is 10.5 Å². The van der Waals surface area contributed by atoms with Gasteiger partial charge in [0.1, 0.15) is 6.54 Å². The number of carbonyl (C=O) groups excluding carboxylic acids is 1. The minimum absolute atomic E-state index is 0.157. The van der Waals surface area contributed by atoms with Gasteiger partial charge in [0.25, 0.3) is 0 Å². The van der Waals surface area contributed by atoms with E-state index in [2.05, 4.69) is 5.32 Å². The highest BCUT2D eigenvalue weighted by molar-refractivity contribution is 7.88. The van der Waals surface area contributed by atoms with E-state index in [9.17, 15) is 13.2 Å². The molecule has 0 saturated heterocycles. The second-order valence-electron chi connectivity index (χ2n) is 5.55. The molecule has 0 aliphatic carbocycles. The van der Waals surface area contributed by atoms with E-state index in [-0.39, 0.29) is 18.2 Å². The molecular formula is C17H17N3O3S. The fourth-order valence-corrected chi connectivity index (χ4v) is 3.21. The van der Waals surface area contributed by atoms with E-state index in [1.807, 2.05) is 41.1 Å². The first-order valence-electron chi connectivity index (χ1n) is 7.34. The second kappa shape index (κ2) is 6.46. The average molecular weight is 343 g/mol. The minimum atomic E-state index is -3.56. The van der Waals surface area contributed by atoms with E-state index >= 15 is 0 Å². The smallest absolute Gasteiger partial charge is 0.244 e. The monoisotopic (exact) mass is 343 g/mol. The van der Waals surface area contributed by atoms with Crippen molar-refractivity contribution in [1.82, 2.24) is 4.57 Å². The highest BCUT2D eigenvalue weighted by atomic mass is 32.2. The Morgan fingerprint density at radius 2 is 1.75 bits per heavy atom. The lowest BCUT2D eigenvalue weighted by molar-refractivity contribution is -0.116. The third-order valence-corrected chi connectivity index (χ3v) is 4.34. The first-order chi connectivity index (χ1) is 11.4. The third kappa shape index (κ3) is 4.01. The lowest BCUT2D eigenvalue weighted by Crippen LogP contribution is -2.18. The van der Waals surface area contributed by atoms with Gasteiger partial charge < -0.3 is 9.88 Å². The average Bonchev–Trinajstić information content (AvgIpc) is 2.91. The Morgan fingerprint density at radius 1 is 1.04 bits per heavy atom. The molecule has 6 nitrogen and oxygen atoms in total. The van der Waals surface area contributed by atoms with Crippen molar-refractivity contribution in [3.8, 4) is 0 Å². The van der Waals surface area contributed by atoms with Gasteiger partial charge in [0.2, 0.25) is 15.9 Å². The maximum atomic E-state index is 12.2. The second-order valence-corrected chi connectivity index (χ2v) is 7.17. The van der Waals surface area contributed by atoms with Crippen molar-refractivity contribution in [2.75, 3.05) is 5.32 Å². The van der Waals surface area contributed by atoms with Crippen LogP contribution in [0.2, 0.25) is 0 Å². The van der Waals surface area contributed by atoms with E-state index in [0.29, 0.717) is 11.3 Å². The number of para-hydroxylation sites is 1. The SMILES string of the molecule is NS(=O)(=O)Cc1ccc(NC(=O)Cn2ccc3ccccc32)cc1. The maximum Gasteiger partial charge on any atom is 0.244 e. The van der Waals surface area contributed by atoms with Crippen molar-refractivity contribution >= 4 is 32.5 Å². The molecule has 1 aromatic heterocycles. The Bertz CT molecular complexity index is 976. The summed E-state index contributed by atoms with van der Waals surface area (Å²) in [5.74, 6) is -0.383. The van der Waals surface area contributed by atoms with E-state index in [1.165, 1.54) is 0 Å². The van der Waals surface area contributed by atoms with E-state index in [1.54, 1.807) is 24.3 Å². The molecule has 0 saturated carbocycles. The van der Waals surface area contributed by atoms with Gasteiger partial charge in [-0.15, -0.1) is 0 Å². The lowest BCUT2D eigenvalue weighted by atomic mass is 10.2. The van der Waals surface area contributed by atoms with Crippen molar-refractivity contribution in [3.63, 3.8) is 0 Å². The molecule has 0 spiro atoms. The van der Waals surface area contributed by atoms with Gasteiger partial charge in [-0.1, -0.05) is 30.3 Å². The Kier molecular flexibility index (Phi) is 4.37. The van der Waals surface area contributed by atoms with Crippen LogP contribution in [0.15, 0.2) is 60.8 Å². The zero-order valence-electron chi connectivity index (χ0n) is 12.8. The molecule has 2 aromatic carbocycles. The minimum Gasteiger partial charge on any atom is -0.338 e. The first kappa shape index (κ1) is 16.2. The van der Waals surface area contributed by atoms with Gasteiger partial charge in [0.15, 0.2) is 0 Å². The van der Waals surface area contributed by atoms with Gasteiger partial charge in [0.05, 0.1) is 5.75 Å². The van der Waals surface area contributed by atoms with Crippen LogP contribution in [-0.2, 0) is 27.1 Å². The third-order valence-electron chi connectivity index (χ3n) is 3.60. The highest BCUT2D eigenvalue weighted by Crippen LogP contribution is 2.16. The summed E-state index contributed by atoms with van der Waals surface area (Å²) < 4.78 is 24.0. The normalized spacial score (nSPS) is 11.5. The predicted octanol–water partition coefficient (Wildman–Crippen LogP) is 2.07. The Hall–Kier alpha value is -2.64. The summed E-state index contributed by atoms with van der Waals surface area (Å²) in [4.78, 5) is 12.2. The number of primary sulfonamides is 1. The summed E-state index contributed by atoms with van der Waals surface area (Å²) in [6.45, 7) is 0.201. The van der Waals surface area contributed by atoms with Crippen molar-refractivity contribution in [3.05, 3.63) is 66.4 Å². The van der Waals surface area contributed by atoms with E-state index in [4.69, 9.17) is 5.14 Å². The molecule has 0 bridgehead atoms. The zero-order valence-corrected chi connectivity index (χ0v) is 13.7. The van der Waals surface area contributed by atoms with Crippen LogP contribution in [0.4, 0.5) is 5.69 Å². The molecule has 7 heteroatoms. The molecule has 1 heterocycles. The highest BCUT2D eigenvalue weighted by Gasteiger charge is 2.08. The summed E-state index contributed by atoms with van der Waals surface area (Å²) in [5, 5.41) is 8.88. The summed E-state index contributed by atoms with van der Waals surface area (Å²) in [6.07, 6.45) is 1.87. The quantitative estimate of drug-likeness (QED) is 0.742. The largest absolute Gasteiger partial charge is 0.338 e. The summed E-state index contributed by atoms with van der Waals surface area (Å²) >= 11 is 0. The number of nitrogens with one attached hydrogen (secondary N) is 1. The number of nitrogens with two attached hydrogens (primary N) is 1. The topological polar surface area (TPSA) is 94.2 Å². The number of benzene rings is 2. The summed E-state index contributed by atoms with van der Waals surface area (Å²) in [7, 11) is -3.56. The molecular weight excluding hydrogens is 326 g/mol. The number of aromatic nitrogens is 1.